The lowest BCUT2D eigenvalue weighted by atomic mass is 9.94. The summed E-state index contributed by atoms with van der Waals surface area (Å²) < 4.78 is 1.12. The summed E-state index contributed by atoms with van der Waals surface area (Å²) in [5, 5.41) is 4.76. The third-order valence-electron chi connectivity index (χ3n) is 2.84. The molecular formula is C11H18ClIN2OS. The van der Waals surface area contributed by atoms with Gasteiger partial charge in [0.2, 0.25) is 0 Å². The first-order valence-corrected chi connectivity index (χ1v) is 7.27. The molecule has 0 aliphatic carbocycles. The quantitative estimate of drug-likeness (QED) is 0.762. The first-order valence-electron chi connectivity index (χ1n) is 5.32. The molecule has 1 heterocycles. The fourth-order valence-electron chi connectivity index (χ4n) is 1.29. The number of hydrogen-bond acceptors (Lipinski definition) is 3. The Kier molecular flexibility index (Phi) is 7.62. The van der Waals surface area contributed by atoms with E-state index in [-0.39, 0.29) is 23.9 Å². The normalized spacial score (nSPS) is 10.8. The molecule has 1 aromatic heterocycles. The van der Waals surface area contributed by atoms with Gasteiger partial charge in [0.1, 0.15) is 0 Å². The molecule has 0 spiro atoms. The highest BCUT2D eigenvalue weighted by molar-refractivity contribution is 14.1. The third kappa shape index (κ3) is 5.11. The van der Waals surface area contributed by atoms with Crippen molar-refractivity contribution in [1.29, 1.82) is 0 Å². The zero-order valence-corrected chi connectivity index (χ0v) is 13.7. The molecule has 1 rings (SSSR count). The summed E-state index contributed by atoms with van der Waals surface area (Å²) in [5.74, 6) is -0.0316. The number of nitrogens with one attached hydrogen (secondary N) is 1. The van der Waals surface area contributed by atoms with Crippen molar-refractivity contribution >= 4 is 52.2 Å². The van der Waals surface area contributed by atoms with E-state index < -0.39 is 0 Å². The van der Waals surface area contributed by atoms with Gasteiger partial charge in [0.05, 0.1) is 8.45 Å². The summed E-state index contributed by atoms with van der Waals surface area (Å²) in [7, 11) is 0. The predicted molar refractivity (Wildman–Crippen MR) is 84.1 cm³/mol. The van der Waals surface area contributed by atoms with Crippen LogP contribution in [0.5, 0.6) is 0 Å². The van der Waals surface area contributed by atoms with Gasteiger partial charge in [0.15, 0.2) is 0 Å². The van der Waals surface area contributed by atoms with Gasteiger partial charge in [-0.05, 0) is 41.5 Å². The van der Waals surface area contributed by atoms with Gasteiger partial charge in [0, 0.05) is 17.5 Å². The number of halogens is 2. The Hall–Kier alpha value is 0.150. The van der Waals surface area contributed by atoms with Crippen molar-refractivity contribution < 1.29 is 4.79 Å². The lowest BCUT2D eigenvalue weighted by Gasteiger charge is -2.26. The molecule has 0 aliphatic heterocycles. The van der Waals surface area contributed by atoms with E-state index in [9.17, 15) is 4.79 Å². The monoisotopic (exact) mass is 388 g/mol. The van der Waals surface area contributed by atoms with Gasteiger partial charge in [-0.2, -0.15) is 0 Å². The van der Waals surface area contributed by atoms with E-state index in [1.807, 2.05) is 25.3 Å². The molecule has 17 heavy (non-hydrogen) atoms. The van der Waals surface area contributed by atoms with E-state index in [0.717, 1.165) is 21.3 Å². The summed E-state index contributed by atoms with van der Waals surface area (Å²) in [6.07, 6.45) is 1.73. The van der Waals surface area contributed by atoms with Crippen LogP contribution in [0.3, 0.4) is 0 Å². The summed E-state index contributed by atoms with van der Waals surface area (Å²) in [4.78, 5) is 11.8. The lowest BCUT2D eigenvalue weighted by Crippen LogP contribution is -2.49. The summed E-state index contributed by atoms with van der Waals surface area (Å²) in [5.41, 5.74) is 6.56. The number of thiophene rings is 1. The van der Waals surface area contributed by atoms with Gasteiger partial charge in [-0.25, -0.2) is 0 Å². The van der Waals surface area contributed by atoms with Gasteiger partial charge in [-0.15, -0.1) is 23.7 Å². The van der Waals surface area contributed by atoms with Crippen LogP contribution in [-0.2, 0) is 0 Å². The van der Waals surface area contributed by atoms with Crippen molar-refractivity contribution in [3.63, 3.8) is 0 Å². The Balaban J connectivity index is 0.00000256. The van der Waals surface area contributed by atoms with Crippen LogP contribution in [0.15, 0.2) is 11.4 Å². The van der Waals surface area contributed by atoms with E-state index in [0.29, 0.717) is 6.54 Å². The average molecular weight is 389 g/mol. The van der Waals surface area contributed by atoms with Gasteiger partial charge >= 0.3 is 0 Å². The van der Waals surface area contributed by atoms with Crippen molar-refractivity contribution in [2.75, 3.05) is 6.54 Å². The fourth-order valence-corrected chi connectivity index (χ4v) is 2.61. The average Bonchev–Trinajstić information content (AvgIpc) is 2.72. The maximum Gasteiger partial charge on any atom is 0.252 e. The number of nitrogens with two attached hydrogens (primary N) is 1. The molecule has 1 amide bonds. The lowest BCUT2D eigenvalue weighted by molar-refractivity contribution is 0.0942. The molecule has 0 atom stereocenters. The second-order valence-electron chi connectivity index (χ2n) is 3.89. The Bertz CT molecular complexity index is 366. The Morgan fingerprint density at radius 3 is 2.53 bits per heavy atom. The number of hydrogen-bond donors (Lipinski definition) is 2. The van der Waals surface area contributed by atoms with Crippen LogP contribution < -0.4 is 11.1 Å². The Labute approximate surface area is 126 Å². The first-order chi connectivity index (χ1) is 7.50. The Morgan fingerprint density at radius 1 is 1.53 bits per heavy atom. The minimum atomic E-state index is -0.279. The third-order valence-corrected chi connectivity index (χ3v) is 4.63. The molecule has 3 nitrogen and oxygen atoms in total. The predicted octanol–water partition coefficient (Wildman–Crippen LogP) is 3.02. The van der Waals surface area contributed by atoms with E-state index in [2.05, 4.69) is 27.9 Å². The summed E-state index contributed by atoms with van der Waals surface area (Å²) >= 11 is 3.78. The van der Waals surface area contributed by atoms with Gasteiger partial charge < -0.3 is 11.1 Å². The largest absolute Gasteiger partial charge is 0.350 e. The minimum Gasteiger partial charge on any atom is -0.350 e. The van der Waals surface area contributed by atoms with E-state index in [1.54, 1.807) is 11.3 Å². The zero-order chi connectivity index (χ0) is 12.2. The molecule has 0 unspecified atom stereocenters. The van der Waals surface area contributed by atoms with Gasteiger partial charge in [-0.3, -0.25) is 4.79 Å². The van der Waals surface area contributed by atoms with Gasteiger partial charge in [-0.1, -0.05) is 13.8 Å². The topological polar surface area (TPSA) is 55.1 Å². The highest BCUT2D eigenvalue weighted by atomic mass is 127. The smallest absolute Gasteiger partial charge is 0.252 e. The molecule has 0 bridgehead atoms. The zero-order valence-electron chi connectivity index (χ0n) is 9.96. The van der Waals surface area contributed by atoms with Crippen molar-refractivity contribution in [1.82, 2.24) is 5.32 Å². The van der Waals surface area contributed by atoms with Crippen LogP contribution in [0.4, 0.5) is 0 Å². The fraction of sp³-hybridized carbons (Fsp3) is 0.545. The first kappa shape index (κ1) is 17.2. The molecule has 0 saturated heterocycles. The van der Waals surface area contributed by atoms with Crippen molar-refractivity contribution in [3.8, 4) is 0 Å². The van der Waals surface area contributed by atoms with Gasteiger partial charge in [0.25, 0.3) is 5.91 Å². The van der Waals surface area contributed by atoms with Crippen LogP contribution in [0.25, 0.3) is 0 Å². The molecule has 0 saturated carbocycles. The molecule has 0 fully saturated rings. The maximum absolute atomic E-state index is 11.8. The highest BCUT2D eigenvalue weighted by Gasteiger charge is 2.21. The van der Waals surface area contributed by atoms with Crippen LogP contribution in [0.2, 0.25) is 0 Å². The number of carbonyl (C=O) groups is 1. The van der Waals surface area contributed by atoms with Crippen LogP contribution in [0, 0.1) is 2.88 Å². The molecule has 98 valence electrons. The molecule has 3 N–H and O–H groups in total. The number of carbonyl (C=O) groups excluding carboxylic acids is 1. The highest BCUT2D eigenvalue weighted by Crippen LogP contribution is 2.17. The standard InChI is InChI=1S/C11H17IN2OS.ClH/c1-3-11(13,4-2)7-14-10(15)8-5-9(12)16-6-8;/h5-6H,3-4,7,13H2,1-2H3,(H,14,15);1H. The van der Waals surface area contributed by atoms with Crippen molar-refractivity contribution in [2.45, 2.75) is 32.2 Å². The molecule has 0 aliphatic rings. The minimum absolute atomic E-state index is 0. The molecule has 1 aromatic rings. The summed E-state index contributed by atoms with van der Waals surface area (Å²) in [6.45, 7) is 4.62. The summed E-state index contributed by atoms with van der Waals surface area (Å²) in [6, 6.07) is 1.89. The van der Waals surface area contributed by atoms with E-state index >= 15 is 0 Å². The second kappa shape index (κ2) is 7.56. The van der Waals surface area contributed by atoms with Crippen molar-refractivity contribution in [2.24, 2.45) is 5.73 Å². The molecular weight excluding hydrogens is 371 g/mol. The molecule has 0 aromatic carbocycles. The van der Waals surface area contributed by atoms with Crippen LogP contribution >= 0.6 is 46.3 Å². The van der Waals surface area contributed by atoms with Crippen molar-refractivity contribution in [3.05, 3.63) is 19.9 Å². The maximum atomic E-state index is 11.8. The van der Waals surface area contributed by atoms with Crippen LogP contribution in [0.1, 0.15) is 37.0 Å². The van der Waals surface area contributed by atoms with E-state index in [4.69, 9.17) is 5.73 Å². The number of rotatable bonds is 5. The second-order valence-corrected chi connectivity index (χ2v) is 6.70. The molecule has 0 radical (unpaired) electrons. The van der Waals surface area contributed by atoms with E-state index in [1.165, 1.54) is 0 Å². The Morgan fingerprint density at radius 2 is 2.12 bits per heavy atom. The molecule has 6 heteroatoms. The SMILES string of the molecule is CCC(N)(CC)CNC(=O)c1csc(I)c1.Cl. The number of amides is 1. The van der Waals surface area contributed by atoms with Crippen LogP contribution in [-0.4, -0.2) is 18.0 Å².